The Kier molecular flexibility index (Phi) is 4.68. The van der Waals surface area contributed by atoms with Gasteiger partial charge in [-0.15, -0.1) is 0 Å². The van der Waals surface area contributed by atoms with E-state index in [1.165, 1.54) is 18.2 Å². The van der Waals surface area contributed by atoms with Gasteiger partial charge in [0.2, 0.25) is 0 Å². The van der Waals surface area contributed by atoms with Crippen molar-refractivity contribution in [3.05, 3.63) is 102 Å². The third-order valence-electron chi connectivity index (χ3n) is 5.02. The van der Waals surface area contributed by atoms with Gasteiger partial charge in [0.05, 0.1) is 0 Å². The maximum Gasteiger partial charge on any atom is 0.156 e. The van der Waals surface area contributed by atoms with E-state index in [4.69, 9.17) is 0 Å². The molecule has 1 unspecified atom stereocenters. The summed E-state index contributed by atoms with van der Waals surface area (Å²) >= 11 is 0. The van der Waals surface area contributed by atoms with Gasteiger partial charge in [-0.3, -0.25) is 4.79 Å². The maximum atomic E-state index is 14.7. The highest BCUT2D eigenvalue weighted by Gasteiger charge is 2.23. The average Bonchev–Trinajstić information content (AvgIpc) is 2.68. The molecular weight excluding hydrogens is 342 g/mol. The number of ketones is 1. The molecule has 1 nitrogen and oxygen atoms in total. The summed E-state index contributed by atoms with van der Waals surface area (Å²) in [5.41, 5.74) is 3.82. The van der Waals surface area contributed by atoms with Gasteiger partial charge in [-0.1, -0.05) is 54.6 Å². The largest absolute Gasteiger partial charge is 0.295 e. The topological polar surface area (TPSA) is 17.1 Å². The second-order valence-electron chi connectivity index (χ2n) is 6.85. The molecule has 0 radical (unpaired) electrons. The summed E-state index contributed by atoms with van der Waals surface area (Å²) in [6.07, 6.45) is 2.62. The molecule has 4 rings (SSSR count). The Balaban J connectivity index is 1.63. The van der Waals surface area contributed by atoms with Crippen molar-refractivity contribution in [2.45, 2.75) is 18.8 Å². The molecule has 0 bridgehead atoms. The predicted molar refractivity (Wildman–Crippen MR) is 103 cm³/mol. The summed E-state index contributed by atoms with van der Waals surface area (Å²) in [4.78, 5) is 12.2. The fourth-order valence-electron chi connectivity index (χ4n) is 3.63. The molecule has 27 heavy (non-hydrogen) atoms. The third kappa shape index (κ3) is 3.72. The first kappa shape index (κ1) is 17.3. The lowest BCUT2D eigenvalue weighted by atomic mass is 9.81. The zero-order chi connectivity index (χ0) is 18.8. The molecule has 0 N–H and O–H groups in total. The second kappa shape index (κ2) is 7.28. The molecule has 1 atom stereocenters. The molecule has 0 heterocycles. The maximum absolute atomic E-state index is 14.7. The van der Waals surface area contributed by atoms with Crippen LogP contribution in [0.4, 0.5) is 8.78 Å². The Bertz CT molecular complexity index is 1000. The Hall–Kier alpha value is -3.07. The van der Waals surface area contributed by atoms with Gasteiger partial charge in [-0.2, -0.15) is 0 Å². The normalized spacial score (nSPS) is 16.9. The van der Waals surface area contributed by atoms with Crippen LogP contribution in [0, 0.1) is 11.6 Å². The van der Waals surface area contributed by atoms with Crippen molar-refractivity contribution < 1.29 is 13.6 Å². The molecule has 0 amide bonds. The Labute approximate surface area is 157 Å². The number of hydrogen-bond donors (Lipinski definition) is 0. The molecule has 0 spiro atoms. The minimum atomic E-state index is -0.309. The number of benzene rings is 3. The van der Waals surface area contributed by atoms with Crippen LogP contribution in [0.15, 0.2) is 78.9 Å². The van der Waals surface area contributed by atoms with E-state index >= 15 is 0 Å². The molecule has 3 heteroatoms. The minimum absolute atomic E-state index is 0.0121. The van der Waals surface area contributed by atoms with E-state index in [1.807, 2.05) is 36.4 Å². The van der Waals surface area contributed by atoms with Gasteiger partial charge < -0.3 is 0 Å². The highest BCUT2D eigenvalue weighted by atomic mass is 19.1. The van der Waals surface area contributed by atoms with Crippen LogP contribution in [-0.2, 0) is 4.79 Å². The zero-order valence-electron chi connectivity index (χ0n) is 14.7. The molecule has 3 aromatic rings. The first-order valence-electron chi connectivity index (χ1n) is 8.94. The summed E-state index contributed by atoms with van der Waals surface area (Å²) < 4.78 is 27.9. The van der Waals surface area contributed by atoms with Gasteiger partial charge in [-0.25, -0.2) is 8.78 Å². The van der Waals surface area contributed by atoms with Crippen LogP contribution in [-0.4, -0.2) is 5.78 Å². The zero-order valence-corrected chi connectivity index (χ0v) is 14.7. The summed E-state index contributed by atoms with van der Waals surface area (Å²) in [6, 6.07) is 20.7. The van der Waals surface area contributed by atoms with Crippen molar-refractivity contribution in [1.29, 1.82) is 0 Å². The molecule has 3 aromatic carbocycles. The minimum Gasteiger partial charge on any atom is -0.295 e. The second-order valence-corrected chi connectivity index (χ2v) is 6.85. The predicted octanol–water partition coefficient (Wildman–Crippen LogP) is 6.16. The molecule has 0 aliphatic heterocycles. The van der Waals surface area contributed by atoms with Gasteiger partial charge in [0.1, 0.15) is 11.6 Å². The highest BCUT2D eigenvalue weighted by molar-refractivity contribution is 5.99. The summed E-state index contributed by atoms with van der Waals surface area (Å²) in [6.45, 7) is 0. The van der Waals surface area contributed by atoms with Crippen LogP contribution in [0.1, 0.15) is 29.9 Å². The van der Waals surface area contributed by atoms with E-state index < -0.39 is 0 Å². The highest BCUT2D eigenvalue weighted by Crippen LogP contribution is 2.37. The molecule has 1 aliphatic rings. The lowest BCUT2D eigenvalue weighted by molar-refractivity contribution is -0.115. The Morgan fingerprint density at radius 2 is 1.52 bits per heavy atom. The average molecular weight is 360 g/mol. The van der Waals surface area contributed by atoms with Crippen molar-refractivity contribution in [3.8, 4) is 11.1 Å². The number of halogens is 2. The van der Waals surface area contributed by atoms with E-state index in [-0.39, 0.29) is 23.3 Å². The van der Waals surface area contributed by atoms with E-state index in [0.29, 0.717) is 24.0 Å². The number of hydrogen-bond acceptors (Lipinski definition) is 1. The van der Waals surface area contributed by atoms with Gasteiger partial charge in [0.25, 0.3) is 0 Å². The lowest BCUT2D eigenvalue weighted by Gasteiger charge is -2.23. The van der Waals surface area contributed by atoms with Crippen LogP contribution in [0.2, 0.25) is 0 Å². The molecule has 1 aliphatic carbocycles. The molecule has 0 saturated carbocycles. The summed E-state index contributed by atoms with van der Waals surface area (Å²) in [5, 5.41) is 0. The monoisotopic (exact) mass is 360 g/mol. The van der Waals surface area contributed by atoms with Crippen molar-refractivity contribution in [1.82, 2.24) is 0 Å². The Morgan fingerprint density at radius 3 is 2.22 bits per heavy atom. The fourth-order valence-corrected chi connectivity index (χ4v) is 3.63. The van der Waals surface area contributed by atoms with Crippen molar-refractivity contribution >= 4 is 11.4 Å². The summed E-state index contributed by atoms with van der Waals surface area (Å²) in [7, 11) is 0. The van der Waals surface area contributed by atoms with E-state index in [0.717, 1.165) is 16.7 Å². The van der Waals surface area contributed by atoms with Crippen LogP contribution < -0.4 is 0 Å². The van der Waals surface area contributed by atoms with E-state index in [2.05, 4.69) is 0 Å². The van der Waals surface area contributed by atoms with Crippen molar-refractivity contribution in [3.63, 3.8) is 0 Å². The van der Waals surface area contributed by atoms with E-state index in [1.54, 1.807) is 24.3 Å². The summed E-state index contributed by atoms with van der Waals surface area (Å²) in [5.74, 6) is -0.612. The van der Waals surface area contributed by atoms with Crippen molar-refractivity contribution in [2.24, 2.45) is 0 Å². The van der Waals surface area contributed by atoms with Crippen LogP contribution in [0.25, 0.3) is 16.7 Å². The van der Waals surface area contributed by atoms with Gasteiger partial charge in [-0.05, 0) is 58.9 Å². The quantitative estimate of drug-likeness (QED) is 0.546. The number of rotatable bonds is 3. The molecule has 0 aromatic heterocycles. The Morgan fingerprint density at radius 1 is 0.778 bits per heavy atom. The third-order valence-corrected chi connectivity index (χ3v) is 5.02. The van der Waals surface area contributed by atoms with Gasteiger partial charge in [0.15, 0.2) is 5.78 Å². The lowest BCUT2D eigenvalue weighted by Crippen LogP contribution is -2.12. The fraction of sp³-hybridized carbons (Fsp3) is 0.125. The number of carbonyl (C=O) groups excluding carboxylic acids is 1. The first-order valence-corrected chi connectivity index (χ1v) is 8.94. The number of allylic oxidation sites excluding steroid dienone is 2. The van der Waals surface area contributed by atoms with E-state index in [9.17, 15) is 13.6 Å². The molecule has 134 valence electrons. The van der Waals surface area contributed by atoms with Gasteiger partial charge >= 0.3 is 0 Å². The smallest absolute Gasteiger partial charge is 0.156 e. The van der Waals surface area contributed by atoms with Crippen LogP contribution in [0.5, 0.6) is 0 Å². The molecule has 0 fully saturated rings. The van der Waals surface area contributed by atoms with Gasteiger partial charge in [0, 0.05) is 12.0 Å². The van der Waals surface area contributed by atoms with Crippen LogP contribution in [0.3, 0.4) is 0 Å². The number of carbonyl (C=O) groups is 1. The SMILES string of the molecule is O=C1C=C(c2ccc(-c3ccccc3)c(F)c2)CC(c2ccc(F)cc2)C1. The molecule has 0 saturated heterocycles. The first-order chi connectivity index (χ1) is 13.1. The standard InChI is InChI=1S/C24H18F2O/c25-21-9-6-16(7-10-21)19-12-20(14-22(27)13-19)18-8-11-23(24(26)15-18)17-4-2-1-3-5-17/h1-11,14-15,19H,12-13H2. The van der Waals surface area contributed by atoms with Crippen molar-refractivity contribution in [2.75, 3.05) is 0 Å². The molecular formula is C24H18F2O. The van der Waals surface area contributed by atoms with Crippen LogP contribution >= 0.6 is 0 Å².